The number of ether oxygens (including phenoxy) is 1. The maximum absolute atomic E-state index is 12.9. The van der Waals surface area contributed by atoms with Crippen molar-refractivity contribution in [3.8, 4) is 0 Å². The van der Waals surface area contributed by atoms with Crippen LogP contribution in [0.1, 0.15) is 51.1 Å². The molecule has 24 heavy (non-hydrogen) atoms. The highest BCUT2D eigenvalue weighted by Gasteiger charge is 2.44. The Kier molecular flexibility index (Phi) is 3.90. The van der Waals surface area contributed by atoms with Gasteiger partial charge in [0.25, 0.3) is 0 Å². The second-order valence-electron chi connectivity index (χ2n) is 7.37. The summed E-state index contributed by atoms with van der Waals surface area (Å²) in [6, 6.07) is 3.68. The number of carbonyl (C=O) groups is 2. The van der Waals surface area contributed by atoms with Crippen molar-refractivity contribution in [2.75, 3.05) is 7.11 Å². The molecular formula is C19H23NO4. The lowest BCUT2D eigenvalue weighted by Gasteiger charge is -2.38. The number of Topliss-reactive ketones (excluding diaryl/α,β-unsaturated/α-hetero) is 1. The Bertz CT molecular complexity index is 779. The second kappa shape index (κ2) is 5.65. The van der Waals surface area contributed by atoms with E-state index in [4.69, 9.17) is 9.15 Å². The molecule has 0 bridgehead atoms. The van der Waals surface area contributed by atoms with Gasteiger partial charge in [-0.25, -0.2) is 4.79 Å². The molecule has 1 aliphatic heterocycles. The van der Waals surface area contributed by atoms with E-state index in [0.717, 1.165) is 17.9 Å². The second-order valence-corrected chi connectivity index (χ2v) is 7.37. The molecule has 0 unspecified atom stereocenters. The van der Waals surface area contributed by atoms with Gasteiger partial charge in [0, 0.05) is 23.4 Å². The number of hydrogen-bond donors (Lipinski definition) is 1. The molecule has 3 rings (SSSR count). The molecule has 0 aromatic carbocycles. The van der Waals surface area contributed by atoms with Crippen molar-refractivity contribution in [1.29, 1.82) is 0 Å². The summed E-state index contributed by atoms with van der Waals surface area (Å²) < 4.78 is 10.8. The van der Waals surface area contributed by atoms with Crippen LogP contribution in [-0.2, 0) is 14.3 Å². The third-order valence-corrected chi connectivity index (χ3v) is 4.69. The Balaban J connectivity index is 2.18. The van der Waals surface area contributed by atoms with Gasteiger partial charge in [0.1, 0.15) is 11.5 Å². The van der Waals surface area contributed by atoms with Gasteiger partial charge in [0.05, 0.1) is 18.6 Å². The van der Waals surface area contributed by atoms with Crippen molar-refractivity contribution in [2.24, 2.45) is 5.41 Å². The molecule has 0 saturated heterocycles. The number of rotatable bonds is 2. The molecule has 1 atom stereocenters. The number of nitrogens with one attached hydrogen (secondary N) is 1. The first-order chi connectivity index (χ1) is 11.2. The van der Waals surface area contributed by atoms with Gasteiger partial charge in [-0.1, -0.05) is 13.8 Å². The van der Waals surface area contributed by atoms with Crippen LogP contribution in [-0.4, -0.2) is 18.9 Å². The van der Waals surface area contributed by atoms with E-state index in [1.165, 1.54) is 7.11 Å². The van der Waals surface area contributed by atoms with E-state index in [1.54, 1.807) is 0 Å². The van der Waals surface area contributed by atoms with Crippen molar-refractivity contribution in [3.63, 3.8) is 0 Å². The minimum atomic E-state index is -0.508. The van der Waals surface area contributed by atoms with Crippen LogP contribution in [0.5, 0.6) is 0 Å². The molecule has 0 fully saturated rings. The predicted octanol–water partition coefficient (Wildman–Crippen LogP) is 3.37. The van der Waals surface area contributed by atoms with E-state index in [0.29, 0.717) is 29.0 Å². The van der Waals surface area contributed by atoms with Gasteiger partial charge in [0.15, 0.2) is 5.78 Å². The fourth-order valence-electron chi connectivity index (χ4n) is 3.71. The Morgan fingerprint density at radius 1 is 1.29 bits per heavy atom. The van der Waals surface area contributed by atoms with Crippen LogP contribution in [0, 0.1) is 12.3 Å². The molecular weight excluding hydrogens is 306 g/mol. The van der Waals surface area contributed by atoms with Crippen LogP contribution in [0.4, 0.5) is 0 Å². The Hall–Kier alpha value is -2.30. The van der Waals surface area contributed by atoms with Crippen molar-refractivity contribution in [1.82, 2.24) is 5.32 Å². The zero-order valence-corrected chi connectivity index (χ0v) is 14.8. The molecule has 0 radical (unpaired) electrons. The SMILES string of the molecule is COC(=O)C1=C(C)NC2=C(C(=O)CC(C)(C)C2)[C@H]1c1ccc(C)o1. The largest absolute Gasteiger partial charge is 0.466 e. The molecule has 0 spiro atoms. The summed E-state index contributed by atoms with van der Waals surface area (Å²) in [4.78, 5) is 25.3. The maximum atomic E-state index is 12.9. The highest BCUT2D eigenvalue weighted by Crippen LogP contribution is 2.46. The highest BCUT2D eigenvalue weighted by molar-refractivity contribution is 6.03. The molecule has 1 aromatic rings. The smallest absolute Gasteiger partial charge is 0.336 e. The average Bonchev–Trinajstić information content (AvgIpc) is 2.90. The highest BCUT2D eigenvalue weighted by atomic mass is 16.5. The van der Waals surface area contributed by atoms with Gasteiger partial charge in [-0.2, -0.15) is 0 Å². The molecule has 0 amide bonds. The van der Waals surface area contributed by atoms with Crippen molar-refractivity contribution >= 4 is 11.8 Å². The third kappa shape index (κ3) is 2.68. The number of esters is 1. The van der Waals surface area contributed by atoms with E-state index in [9.17, 15) is 9.59 Å². The first-order valence-corrected chi connectivity index (χ1v) is 8.12. The summed E-state index contributed by atoms with van der Waals surface area (Å²) >= 11 is 0. The summed E-state index contributed by atoms with van der Waals surface area (Å²) in [6.45, 7) is 7.85. The summed E-state index contributed by atoms with van der Waals surface area (Å²) in [5, 5.41) is 3.27. The minimum absolute atomic E-state index is 0.0571. The number of carbonyl (C=O) groups excluding carboxylic acids is 2. The van der Waals surface area contributed by atoms with Crippen LogP contribution >= 0.6 is 0 Å². The number of hydrogen-bond acceptors (Lipinski definition) is 5. The van der Waals surface area contributed by atoms with E-state index >= 15 is 0 Å². The molecule has 0 saturated carbocycles. The number of ketones is 1. The lowest BCUT2D eigenvalue weighted by molar-refractivity contribution is -0.136. The topological polar surface area (TPSA) is 68.5 Å². The summed E-state index contributed by atoms with van der Waals surface area (Å²) in [5.41, 5.74) is 2.58. The fraction of sp³-hybridized carbons (Fsp3) is 0.474. The monoisotopic (exact) mass is 329 g/mol. The van der Waals surface area contributed by atoms with Crippen molar-refractivity contribution in [2.45, 2.75) is 46.5 Å². The van der Waals surface area contributed by atoms with Gasteiger partial charge in [-0.3, -0.25) is 4.79 Å². The maximum Gasteiger partial charge on any atom is 0.336 e. The number of allylic oxidation sites excluding steroid dienone is 3. The summed E-state index contributed by atoms with van der Waals surface area (Å²) in [7, 11) is 1.35. The van der Waals surface area contributed by atoms with E-state index in [1.807, 2.05) is 26.0 Å². The zero-order valence-electron chi connectivity index (χ0n) is 14.8. The standard InChI is InChI=1S/C19H23NO4/c1-10-6-7-14(24-10)17-15(18(22)23-5)11(2)20-12-8-19(3,4)9-13(21)16(12)17/h6-7,17,20H,8-9H2,1-5H3/t17-/m0/s1. The molecule has 5 nitrogen and oxygen atoms in total. The summed E-state index contributed by atoms with van der Waals surface area (Å²) in [6.07, 6.45) is 1.22. The van der Waals surface area contributed by atoms with Crippen molar-refractivity contribution in [3.05, 3.63) is 46.2 Å². The zero-order chi connectivity index (χ0) is 17.6. The molecule has 1 N–H and O–H groups in total. The van der Waals surface area contributed by atoms with Gasteiger partial charge < -0.3 is 14.5 Å². The van der Waals surface area contributed by atoms with Crippen LogP contribution in [0.15, 0.2) is 39.1 Å². The normalized spacial score (nSPS) is 23.0. The molecule has 1 aromatic heterocycles. The Morgan fingerprint density at radius 2 is 2.00 bits per heavy atom. The number of aryl methyl sites for hydroxylation is 1. The molecule has 1 aliphatic carbocycles. The third-order valence-electron chi connectivity index (χ3n) is 4.69. The fourth-order valence-corrected chi connectivity index (χ4v) is 3.71. The van der Waals surface area contributed by atoms with Gasteiger partial charge >= 0.3 is 5.97 Å². The van der Waals surface area contributed by atoms with E-state index in [-0.39, 0.29) is 11.2 Å². The van der Waals surface area contributed by atoms with Crippen LogP contribution in [0.25, 0.3) is 0 Å². The number of furan rings is 1. The predicted molar refractivity (Wildman–Crippen MR) is 89.1 cm³/mol. The van der Waals surface area contributed by atoms with Gasteiger partial charge in [-0.15, -0.1) is 0 Å². The molecule has 2 heterocycles. The van der Waals surface area contributed by atoms with E-state index in [2.05, 4.69) is 19.2 Å². The minimum Gasteiger partial charge on any atom is -0.466 e. The Morgan fingerprint density at radius 3 is 2.58 bits per heavy atom. The number of methoxy groups -OCH3 is 1. The van der Waals surface area contributed by atoms with Crippen LogP contribution < -0.4 is 5.32 Å². The lowest BCUT2D eigenvalue weighted by atomic mass is 9.69. The molecule has 128 valence electrons. The van der Waals surface area contributed by atoms with Crippen molar-refractivity contribution < 1.29 is 18.7 Å². The first kappa shape index (κ1) is 16.6. The van der Waals surface area contributed by atoms with Gasteiger partial charge in [-0.05, 0) is 37.8 Å². The first-order valence-electron chi connectivity index (χ1n) is 8.12. The lowest BCUT2D eigenvalue weighted by Crippen LogP contribution is -2.38. The van der Waals surface area contributed by atoms with E-state index < -0.39 is 11.9 Å². The average molecular weight is 329 g/mol. The number of dihydropyridines is 1. The quantitative estimate of drug-likeness (QED) is 0.843. The molecule has 2 aliphatic rings. The van der Waals surface area contributed by atoms with Gasteiger partial charge in [0.2, 0.25) is 0 Å². The van der Waals surface area contributed by atoms with Crippen LogP contribution in [0.2, 0.25) is 0 Å². The molecule has 5 heteroatoms. The summed E-state index contributed by atoms with van der Waals surface area (Å²) in [5.74, 6) is 0.460. The van der Waals surface area contributed by atoms with Crippen LogP contribution in [0.3, 0.4) is 0 Å². The Labute approximate surface area is 141 Å².